The summed E-state index contributed by atoms with van der Waals surface area (Å²) in [5, 5.41) is 7.41. The number of rotatable bonds is 4. The van der Waals surface area contributed by atoms with Crippen LogP contribution in [0, 0.1) is 0 Å². The third kappa shape index (κ3) is 3.63. The monoisotopic (exact) mass is 330 g/mol. The zero-order valence-electron chi connectivity index (χ0n) is 12.5. The standard InChI is InChI=1S/C17H15ClN2O3/c1-22-14-8-2-11(3-9-14)15-10-16(23-20-15)17(21)19-13-6-4-12(18)5-7-13/h2-9,16H,10H2,1H3,(H,19,21)/t16-/m0/s1. The van der Waals surface area contributed by atoms with Gasteiger partial charge in [0.25, 0.3) is 5.91 Å². The second-order valence-electron chi connectivity index (χ2n) is 5.06. The second kappa shape index (κ2) is 6.71. The largest absolute Gasteiger partial charge is 0.497 e. The molecule has 3 rings (SSSR count). The second-order valence-corrected chi connectivity index (χ2v) is 5.50. The van der Waals surface area contributed by atoms with Crippen molar-refractivity contribution >= 4 is 28.9 Å². The number of ether oxygens (including phenoxy) is 1. The van der Waals surface area contributed by atoms with Gasteiger partial charge in [-0.2, -0.15) is 0 Å². The van der Waals surface area contributed by atoms with Crippen LogP contribution < -0.4 is 10.1 Å². The van der Waals surface area contributed by atoms with Crippen molar-refractivity contribution in [1.29, 1.82) is 0 Å². The van der Waals surface area contributed by atoms with E-state index < -0.39 is 6.10 Å². The molecule has 1 atom stereocenters. The first-order valence-corrected chi connectivity index (χ1v) is 7.47. The Kier molecular flexibility index (Phi) is 4.48. The van der Waals surface area contributed by atoms with Crippen LogP contribution in [-0.2, 0) is 9.63 Å². The molecule has 1 N–H and O–H groups in total. The lowest BCUT2D eigenvalue weighted by Gasteiger charge is -2.09. The van der Waals surface area contributed by atoms with Crippen molar-refractivity contribution < 1.29 is 14.4 Å². The Bertz CT molecular complexity index is 727. The predicted octanol–water partition coefficient (Wildman–Crippen LogP) is 3.48. The maximum atomic E-state index is 12.2. The highest BCUT2D eigenvalue weighted by atomic mass is 35.5. The molecule has 2 aromatic carbocycles. The number of anilines is 1. The van der Waals surface area contributed by atoms with E-state index in [0.717, 1.165) is 17.0 Å². The number of oxime groups is 1. The van der Waals surface area contributed by atoms with E-state index in [1.807, 2.05) is 24.3 Å². The van der Waals surface area contributed by atoms with E-state index in [4.69, 9.17) is 21.2 Å². The van der Waals surface area contributed by atoms with Crippen LogP contribution in [0.5, 0.6) is 5.75 Å². The van der Waals surface area contributed by atoms with Gasteiger partial charge in [-0.1, -0.05) is 16.8 Å². The van der Waals surface area contributed by atoms with E-state index in [-0.39, 0.29) is 5.91 Å². The number of carbonyl (C=O) groups excluding carboxylic acids is 1. The Balaban J connectivity index is 1.61. The molecule has 0 spiro atoms. The number of nitrogens with one attached hydrogen (secondary N) is 1. The van der Waals surface area contributed by atoms with Crippen molar-refractivity contribution in [3.8, 4) is 5.75 Å². The number of halogens is 1. The Morgan fingerprint density at radius 3 is 2.57 bits per heavy atom. The van der Waals surface area contributed by atoms with Crippen LogP contribution in [-0.4, -0.2) is 24.8 Å². The van der Waals surface area contributed by atoms with Gasteiger partial charge in [0.2, 0.25) is 6.10 Å². The third-order valence-corrected chi connectivity index (χ3v) is 3.75. The summed E-state index contributed by atoms with van der Waals surface area (Å²) in [4.78, 5) is 17.5. The lowest BCUT2D eigenvalue weighted by Crippen LogP contribution is -2.28. The van der Waals surface area contributed by atoms with Crippen molar-refractivity contribution in [2.75, 3.05) is 12.4 Å². The van der Waals surface area contributed by atoms with Crippen LogP contribution in [0.3, 0.4) is 0 Å². The zero-order valence-corrected chi connectivity index (χ0v) is 13.2. The van der Waals surface area contributed by atoms with Crippen molar-refractivity contribution in [3.63, 3.8) is 0 Å². The van der Waals surface area contributed by atoms with Gasteiger partial charge in [0.05, 0.1) is 12.8 Å². The van der Waals surface area contributed by atoms with Crippen molar-refractivity contribution in [2.45, 2.75) is 12.5 Å². The molecule has 0 saturated carbocycles. The summed E-state index contributed by atoms with van der Waals surface area (Å²) in [5.74, 6) is 0.532. The predicted molar refractivity (Wildman–Crippen MR) is 89.1 cm³/mol. The summed E-state index contributed by atoms with van der Waals surface area (Å²) in [7, 11) is 1.61. The van der Waals surface area contributed by atoms with Crippen molar-refractivity contribution in [1.82, 2.24) is 0 Å². The van der Waals surface area contributed by atoms with Crippen molar-refractivity contribution in [3.05, 3.63) is 59.1 Å². The van der Waals surface area contributed by atoms with E-state index >= 15 is 0 Å². The van der Waals surface area contributed by atoms with E-state index in [9.17, 15) is 4.79 Å². The summed E-state index contributed by atoms with van der Waals surface area (Å²) >= 11 is 5.82. The Morgan fingerprint density at radius 2 is 1.91 bits per heavy atom. The molecule has 0 aromatic heterocycles. The zero-order chi connectivity index (χ0) is 16.2. The molecule has 1 amide bonds. The number of amides is 1. The highest BCUT2D eigenvalue weighted by Gasteiger charge is 2.28. The van der Waals surface area contributed by atoms with Crippen molar-refractivity contribution in [2.24, 2.45) is 5.16 Å². The molecule has 0 radical (unpaired) electrons. The summed E-state index contributed by atoms with van der Waals surface area (Å²) in [5.41, 5.74) is 2.32. The molecule has 0 unspecified atom stereocenters. The lowest BCUT2D eigenvalue weighted by atomic mass is 10.0. The average Bonchev–Trinajstić information content (AvgIpc) is 3.07. The number of methoxy groups -OCH3 is 1. The number of hydrogen-bond acceptors (Lipinski definition) is 4. The Hall–Kier alpha value is -2.53. The molecule has 23 heavy (non-hydrogen) atoms. The van der Waals surface area contributed by atoms with Gasteiger partial charge >= 0.3 is 0 Å². The van der Waals surface area contributed by atoms with Crippen LogP contribution in [0.15, 0.2) is 53.7 Å². The maximum absolute atomic E-state index is 12.2. The van der Waals surface area contributed by atoms with Gasteiger partial charge in [0.1, 0.15) is 5.75 Å². The normalized spacial score (nSPS) is 16.4. The number of nitrogens with zero attached hydrogens (tertiary/aromatic N) is 1. The van der Waals surface area contributed by atoms with Crippen LogP contribution in [0.4, 0.5) is 5.69 Å². The highest BCUT2D eigenvalue weighted by Crippen LogP contribution is 2.21. The van der Waals surface area contributed by atoms with Gasteiger partial charge in [-0.15, -0.1) is 0 Å². The first kappa shape index (κ1) is 15.4. The van der Waals surface area contributed by atoms with Crippen LogP contribution in [0.2, 0.25) is 5.02 Å². The molecule has 0 bridgehead atoms. The summed E-state index contributed by atoms with van der Waals surface area (Å²) in [6.07, 6.45) is -0.214. The quantitative estimate of drug-likeness (QED) is 0.933. The molecule has 6 heteroatoms. The minimum atomic E-state index is -0.636. The van der Waals surface area contributed by atoms with E-state index in [1.54, 1.807) is 31.4 Å². The smallest absolute Gasteiger partial charge is 0.268 e. The topological polar surface area (TPSA) is 59.9 Å². The molecule has 2 aromatic rings. The third-order valence-electron chi connectivity index (χ3n) is 3.50. The van der Waals surface area contributed by atoms with E-state index in [2.05, 4.69) is 10.5 Å². The Morgan fingerprint density at radius 1 is 1.22 bits per heavy atom. The number of hydrogen-bond donors (Lipinski definition) is 1. The van der Waals surface area contributed by atoms with E-state index in [0.29, 0.717) is 17.1 Å². The van der Waals surface area contributed by atoms with Gasteiger partial charge in [0.15, 0.2) is 0 Å². The highest BCUT2D eigenvalue weighted by molar-refractivity contribution is 6.30. The summed E-state index contributed by atoms with van der Waals surface area (Å²) in [6, 6.07) is 14.4. The molecule has 1 aliphatic heterocycles. The molecule has 0 fully saturated rings. The fourth-order valence-corrected chi connectivity index (χ4v) is 2.35. The van der Waals surface area contributed by atoms with Crippen LogP contribution >= 0.6 is 11.6 Å². The van der Waals surface area contributed by atoms with Gasteiger partial charge < -0.3 is 14.9 Å². The summed E-state index contributed by atoms with van der Waals surface area (Å²) in [6.45, 7) is 0. The molecule has 0 aliphatic carbocycles. The minimum absolute atomic E-state index is 0.236. The SMILES string of the molecule is COc1ccc(C2=NO[C@H](C(=O)Nc3ccc(Cl)cc3)C2)cc1. The first-order chi connectivity index (χ1) is 11.2. The average molecular weight is 331 g/mol. The molecular weight excluding hydrogens is 316 g/mol. The fraction of sp³-hybridized carbons (Fsp3) is 0.176. The molecule has 0 saturated heterocycles. The number of carbonyl (C=O) groups is 1. The maximum Gasteiger partial charge on any atom is 0.268 e. The molecule has 1 aliphatic rings. The summed E-state index contributed by atoms with van der Waals surface area (Å²) < 4.78 is 5.12. The Labute approximate surface area is 138 Å². The fourth-order valence-electron chi connectivity index (χ4n) is 2.23. The van der Waals surface area contributed by atoms with Gasteiger partial charge in [-0.05, 0) is 54.1 Å². The minimum Gasteiger partial charge on any atom is -0.497 e. The molecule has 5 nitrogen and oxygen atoms in total. The van der Waals surface area contributed by atoms with Gasteiger partial charge in [-0.3, -0.25) is 4.79 Å². The first-order valence-electron chi connectivity index (χ1n) is 7.09. The number of benzene rings is 2. The molecular formula is C17H15ClN2O3. The molecule has 1 heterocycles. The van der Waals surface area contributed by atoms with E-state index in [1.165, 1.54) is 0 Å². The van der Waals surface area contributed by atoms with Gasteiger partial charge in [-0.25, -0.2) is 0 Å². The lowest BCUT2D eigenvalue weighted by molar-refractivity contribution is -0.125. The molecule has 118 valence electrons. The van der Waals surface area contributed by atoms with Crippen LogP contribution in [0.25, 0.3) is 0 Å². The van der Waals surface area contributed by atoms with Crippen LogP contribution in [0.1, 0.15) is 12.0 Å². The van der Waals surface area contributed by atoms with Gasteiger partial charge in [0, 0.05) is 17.1 Å².